The summed E-state index contributed by atoms with van der Waals surface area (Å²) in [5, 5.41) is 0. The predicted octanol–water partition coefficient (Wildman–Crippen LogP) is 1.42. The van der Waals surface area contributed by atoms with Gasteiger partial charge in [-0.25, -0.2) is 0 Å². The minimum absolute atomic E-state index is 0.108. The van der Waals surface area contributed by atoms with Gasteiger partial charge in [-0.15, -0.1) is 0 Å². The van der Waals surface area contributed by atoms with Gasteiger partial charge in [0.2, 0.25) is 0 Å². The lowest BCUT2D eigenvalue weighted by Gasteiger charge is -2.58. The highest BCUT2D eigenvalue weighted by Crippen LogP contribution is 2.37. The Morgan fingerprint density at radius 3 is 2.08 bits per heavy atom. The smallest absolute Gasteiger partial charge is 0.379 e. The summed E-state index contributed by atoms with van der Waals surface area (Å²) in [7, 11) is 0. The molecule has 3 rings (SSSR count). The molecule has 12 heavy (non-hydrogen) atoms. The monoisotopic (exact) mass is 171 g/mol. The molecule has 3 aliphatic rings. The van der Waals surface area contributed by atoms with E-state index in [4.69, 9.17) is 14.0 Å². The van der Waals surface area contributed by atoms with E-state index < -0.39 is 6.75 Å². The summed E-state index contributed by atoms with van der Waals surface area (Å²) in [6, 6.07) is 0. The Kier molecular flexibility index (Phi) is 1.94. The Bertz CT molecular complexity index is 159. The van der Waals surface area contributed by atoms with Gasteiger partial charge in [0, 0.05) is 25.2 Å². The molecule has 70 valence electrons. The van der Waals surface area contributed by atoms with E-state index in [0.717, 1.165) is 32.6 Å². The van der Waals surface area contributed by atoms with Gasteiger partial charge in [-0.2, -0.15) is 0 Å². The zero-order chi connectivity index (χ0) is 8.66. The van der Waals surface area contributed by atoms with Gasteiger partial charge in [-0.1, -0.05) is 26.6 Å². The zero-order valence-corrected chi connectivity index (χ0v) is 7.84. The number of fused-ring (bicyclic) bond motifs is 3. The van der Waals surface area contributed by atoms with E-state index in [1.54, 1.807) is 0 Å². The fourth-order valence-corrected chi connectivity index (χ4v) is 1.86. The number of rotatable bonds is 2. The third-order valence-electron chi connectivity index (χ3n) is 2.70. The molecule has 2 bridgehead atoms. The normalized spacial score (nSPS) is 46.5. The molecule has 0 aromatic carbocycles. The van der Waals surface area contributed by atoms with Gasteiger partial charge in [0.05, 0.1) is 0 Å². The molecule has 0 aromatic heterocycles. The molecular weight excluding hydrogens is 155 g/mol. The summed E-state index contributed by atoms with van der Waals surface area (Å²) >= 11 is 0. The lowest BCUT2D eigenvalue weighted by atomic mass is 9.67. The minimum atomic E-state index is -1.34. The molecule has 3 nitrogen and oxygen atoms in total. The number of hydrogen-bond acceptors (Lipinski definition) is 3. The Hall–Kier alpha value is -0.0551. The highest BCUT2D eigenvalue weighted by atomic mass is 16.8. The fraction of sp³-hybridized carbons (Fsp3) is 1.00. The quantitative estimate of drug-likeness (QED) is 0.588. The van der Waals surface area contributed by atoms with Crippen LogP contribution in [0.4, 0.5) is 0 Å². The highest BCUT2D eigenvalue weighted by molar-refractivity contribution is 6.61. The van der Waals surface area contributed by atoms with E-state index in [1.807, 2.05) is 0 Å². The maximum atomic E-state index is 5.63. The molecule has 3 aliphatic heterocycles. The molecular formula is C8H16BO3-. The van der Waals surface area contributed by atoms with Crippen LogP contribution in [0.25, 0.3) is 0 Å². The van der Waals surface area contributed by atoms with Gasteiger partial charge in [0.25, 0.3) is 0 Å². The predicted molar refractivity (Wildman–Crippen MR) is 46.8 cm³/mol. The Balaban J connectivity index is 2.04. The van der Waals surface area contributed by atoms with Gasteiger partial charge in [0.15, 0.2) is 0 Å². The SMILES string of the molecule is CCC[B-]12OCC(C)(CO1)CO2. The van der Waals surface area contributed by atoms with Gasteiger partial charge in [-0.05, 0) is 0 Å². The second-order valence-corrected chi connectivity index (χ2v) is 4.32. The summed E-state index contributed by atoms with van der Waals surface area (Å²) in [5.41, 5.74) is 0.108. The molecule has 0 amide bonds. The molecule has 0 radical (unpaired) electrons. The average Bonchev–Trinajstić information content (AvgIpc) is 2.08. The summed E-state index contributed by atoms with van der Waals surface area (Å²) < 4.78 is 16.9. The second kappa shape index (κ2) is 2.72. The van der Waals surface area contributed by atoms with Crippen LogP contribution >= 0.6 is 0 Å². The third-order valence-corrected chi connectivity index (χ3v) is 2.70. The largest absolute Gasteiger partial charge is 0.544 e. The van der Waals surface area contributed by atoms with Crippen molar-refractivity contribution in [3.8, 4) is 0 Å². The summed E-state index contributed by atoms with van der Waals surface area (Å²) in [6.07, 6.45) is 1.95. The van der Waals surface area contributed by atoms with Crippen LogP contribution in [0.5, 0.6) is 0 Å². The van der Waals surface area contributed by atoms with Crippen LogP contribution in [0, 0.1) is 5.41 Å². The molecule has 0 atom stereocenters. The summed E-state index contributed by atoms with van der Waals surface area (Å²) in [4.78, 5) is 0. The number of hydrogen-bond donors (Lipinski definition) is 0. The van der Waals surface area contributed by atoms with Crippen molar-refractivity contribution < 1.29 is 14.0 Å². The first-order valence-corrected chi connectivity index (χ1v) is 4.75. The van der Waals surface area contributed by atoms with Crippen molar-refractivity contribution in [1.29, 1.82) is 0 Å². The first kappa shape index (κ1) is 8.54. The van der Waals surface area contributed by atoms with Gasteiger partial charge >= 0.3 is 6.75 Å². The first-order valence-electron chi connectivity index (χ1n) is 4.75. The molecule has 0 N–H and O–H groups in total. The van der Waals surface area contributed by atoms with Crippen LogP contribution < -0.4 is 0 Å². The maximum absolute atomic E-state index is 5.63. The van der Waals surface area contributed by atoms with E-state index in [-0.39, 0.29) is 5.41 Å². The van der Waals surface area contributed by atoms with Crippen molar-refractivity contribution in [1.82, 2.24) is 0 Å². The maximum Gasteiger partial charge on any atom is 0.379 e. The van der Waals surface area contributed by atoms with E-state index >= 15 is 0 Å². The van der Waals surface area contributed by atoms with E-state index in [2.05, 4.69) is 13.8 Å². The van der Waals surface area contributed by atoms with E-state index in [1.165, 1.54) is 0 Å². The average molecular weight is 171 g/mol. The first-order chi connectivity index (χ1) is 5.68. The molecule has 3 heterocycles. The van der Waals surface area contributed by atoms with Crippen LogP contribution in [0.2, 0.25) is 6.32 Å². The molecule has 4 heteroatoms. The Morgan fingerprint density at radius 1 is 1.17 bits per heavy atom. The van der Waals surface area contributed by atoms with Crippen LogP contribution in [0.3, 0.4) is 0 Å². The van der Waals surface area contributed by atoms with Crippen molar-refractivity contribution in [2.75, 3.05) is 19.8 Å². The van der Waals surface area contributed by atoms with Crippen LogP contribution in [-0.4, -0.2) is 26.6 Å². The van der Waals surface area contributed by atoms with Gasteiger partial charge < -0.3 is 14.0 Å². The Morgan fingerprint density at radius 2 is 1.67 bits per heavy atom. The summed E-state index contributed by atoms with van der Waals surface area (Å²) in [5.74, 6) is 0. The molecule has 0 unspecified atom stereocenters. The standard InChI is InChI=1S/C8H16BO3/c1-3-4-9-10-5-8(2,6-11-9)7-12-9/h3-7H2,1-2H3/q-1. The lowest BCUT2D eigenvalue weighted by molar-refractivity contribution is -0.127. The van der Waals surface area contributed by atoms with Crippen molar-refractivity contribution in [2.24, 2.45) is 5.41 Å². The second-order valence-electron chi connectivity index (χ2n) is 4.32. The van der Waals surface area contributed by atoms with Gasteiger partial charge in [-0.3, -0.25) is 0 Å². The summed E-state index contributed by atoms with van der Waals surface area (Å²) in [6.45, 7) is 5.31. The van der Waals surface area contributed by atoms with E-state index in [0.29, 0.717) is 0 Å². The van der Waals surface area contributed by atoms with E-state index in [9.17, 15) is 0 Å². The molecule has 0 aliphatic carbocycles. The highest BCUT2D eigenvalue weighted by Gasteiger charge is 2.44. The van der Waals surface area contributed by atoms with Crippen LogP contribution in [0.1, 0.15) is 20.3 Å². The van der Waals surface area contributed by atoms with Crippen molar-refractivity contribution in [3.05, 3.63) is 0 Å². The van der Waals surface area contributed by atoms with Gasteiger partial charge in [0.1, 0.15) is 0 Å². The molecule has 3 fully saturated rings. The lowest BCUT2D eigenvalue weighted by Crippen LogP contribution is -2.62. The molecule has 3 saturated heterocycles. The molecule has 0 aromatic rings. The van der Waals surface area contributed by atoms with Crippen molar-refractivity contribution in [3.63, 3.8) is 0 Å². The van der Waals surface area contributed by atoms with Crippen molar-refractivity contribution in [2.45, 2.75) is 26.6 Å². The minimum Gasteiger partial charge on any atom is -0.544 e. The molecule has 0 spiro atoms. The van der Waals surface area contributed by atoms with Crippen molar-refractivity contribution >= 4 is 6.75 Å². The topological polar surface area (TPSA) is 27.7 Å². The Labute approximate surface area is 73.4 Å². The molecule has 0 saturated carbocycles. The third kappa shape index (κ3) is 1.28. The van der Waals surface area contributed by atoms with Crippen LogP contribution in [0.15, 0.2) is 0 Å². The van der Waals surface area contributed by atoms with Crippen LogP contribution in [-0.2, 0) is 14.0 Å². The fourth-order valence-electron chi connectivity index (χ4n) is 1.86. The zero-order valence-electron chi connectivity index (χ0n) is 7.84.